The number of fused-ring (bicyclic) bond motifs is 1. The molecule has 1 aromatic rings. The molecule has 0 aromatic heterocycles. The predicted octanol–water partition coefficient (Wildman–Crippen LogP) is 1.12. The Bertz CT molecular complexity index is 542. The highest BCUT2D eigenvalue weighted by Gasteiger charge is 2.48. The Kier molecular flexibility index (Phi) is 2.73. The van der Waals surface area contributed by atoms with Crippen molar-refractivity contribution in [3.8, 4) is 0 Å². The number of aliphatic hydroxyl groups is 1. The Hall–Kier alpha value is -1.72. The van der Waals surface area contributed by atoms with Gasteiger partial charge in [0.25, 0.3) is 0 Å². The van der Waals surface area contributed by atoms with Gasteiger partial charge in [0.2, 0.25) is 5.60 Å². The van der Waals surface area contributed by atoms with Crippen molar-refractivity contribution in [3.05, 3.63) is 34.3 Å². The third kappa shape index (κ3) is 1.73. The molecule has 2 N–H and O–H groups in total. The summed E-state index contributed by atoms with van der Waals surface area (Å²) in [5.74, 6) is -1.37. The van der Waals surface area contributed by atoms with E-state index in [1.807, 2.05) is 0 Å². The van der Waals surface area contributed by atoms with E-state index >= 15 is 0 Å². The van der Waals surface area contributed by atoms with Crippen molar-refractivity contribution in [2.75, 3.05) is 0 Å². The van der Waals surface area contributed by atoms with Gasteiger partial charge in [0, 0.05) is 23.7 Å². The fraction of sp³-hybridized carbons (Fsp3) is 0.182. The lowest BCUT2D eigenvalue weighted by molar-refractivity contribution is -0.151. The van der Waals surface area contributed by atoms with Crippen molar-refractivity contribution in [3.63, 3.8) is 0 Å². The monoisotopic (exact) mass is 252 g/mol. The van der Waals surface area contributed by atoms with Gasteiger partial charge in [-0.1, -0.05) is 17.7 Å². The second-order valence-electron chi connectivity index (χ2n) is 3.73. The Balaban J connectivity index is 2.64. The van der Waals surface area contributed by atoms with Crippen LogP contribution in [0.5, 0.6) is 0 Å². The van der Waals surface area contributed by atoms with Crippen molar-refractivity contribution < 1.29 is 15.0 Å². The maximum absolute atomic E-state index is 11.1. The number of rotatable bonds is 2. The summed E-state index contributed by atoms with van der Waals surface area (Å²) in [4.78, 5) is 11.1. The van der Waals surface area contributed by atoms with Gasteiger partial charge < -0.3 is 10.2 Å². The summed E-state index contributed by atoms with van der Waals surface area (Å²) in [6.07, 6.45) is -0.0768. The minimum Gasteiger partial charge on any atom is -0.479 e. The molecule has 1 aromatic carbocycles. The van der Waals surface area contributed by atoms with Crippen LogP contribution in [0.1, 0.15) is 11.1 Å². The van der Waals surface area contributed by atoms with E-state index in [9.17, 15) is 9.90 Å². The lowest BCUT2D eigenvalue weighted by Gasteiger charge is -2.16. The molecule has 0 fully saturated rings. The van der Waals surface area contributed by atoms with Gasteiger partial charge in [0.15, 0.2) is 0 Å². The van der Waals surface area contributed by atoms with E-state index in [-0.39, 0.29) is 12.1 Å². The van der Waals surface area contributed by atoms with Gasteiger partial charge in [-0.2, -0.15) is 10.2 Å². The molecule has 1 aliphatic rings. The fourth-order valence-electron chi connectivity index (χ4n) is 1.91. The Morgan fingerprint density at radius 1 is 1.53 bits per heavy atom. The molecule has 5 nitrogen and oxygen atoms in total. The highest BCUT2D eigenvalue weighted by atomic mass is 35.5. The van der Waals surface area contributed by atoms with Crippen LogP contribution in [0.4, 0.5) is 0 Å². The lowest BCUT2D eigenvalue weighted by Crippen LogP contribution is -2.44. The fourth-order valence-corrected chi connectivity index (χ4v) is 2.10. The molecule has 0 unspecified atom stereocenters. The van der Waals surface area contributed by atoms with E-state index in [4.69, 9.17) is 16.7 Å². The molecule has 88 valence electrons. The number of benzene rings is 1. The van der Waals surface area contributed by atoms with E-state index in [1.54, 1.807) is 18.2 Å². The summed E-state index contributed by atoms with van der Waals surface area (Å²) < 4.78 is 0. The van der Waals surface area contributed by atoms with Gasteiger partial charge >= 0.3 is 5.97 Å². The van der Waals surface area contributed by atoms with Gasteiger partial charge in [-0.05, 0) is 17.7 Å². The molecule has 0 saturated carbocycles. The largest absolute Gasteiger partial charge is 0.479 e. The summed E-state index contributed by atoms with van der Waals surface area (Å²) in [7, 11) is 0. The standard InChI is InChI=1S/C11H9ClN2O3/c1-13-14-9-8-3-2-7(12)4-6(8)5-11(9,17)10(15)16/h2-4,17H,1,5H2,(H,15,16)/t11-/m0/s1. The first-order valence-corrected chi connectivity index (χ1v) is 5.15. The molecule has 0 aliphatic heterocycles. The van der Waals surface area contributed by atoms with Crippen LogP contribution in [0.25, 0.3) is 0 Å². The zero-order chi connectivity index (χ0) is 12.6. The van der Waals surface area contributed by atoms with Crippen molar-refractivity contribution in [2.45, 2.75) is 12.0 Å². The van der Waals surface area contributed by atoms with Crippen LogP contribution in [0.15, 0.2) is 28.4 Å². The minimum atomic E-state index is -2.06. The van der Waals surface area contributed by atoms with Crippen molar-refractivity contribution >= 4 is 30.0 Å². The molecule has 0 spiro atoms. The molecule has 2 rings (SSSR count). The molecular formula is C11H9ClN2O3. The Morgan fingerprint density at radius 3 is 2.82 bits per heavy atom. The molecule has 1 aliphatic carbocycles. The van der Waals surface area contributed by atoms with Crippen LogP contribution in [-0.2, 0) is 11.2 Å². The summed E-state index contributed by atoms with van der Waals surface area (Å²) >= 11 is 5.82. The highest BCUT2D eigenvalue weighted by Crippen LogP contribution is 2.33. The maximum Gasteiger partial charge on any atom is 0.342 e. The second-order valence-corrected chi connectivity index (χ2v) is 4.17. The van der Waals surface area contributed by atoms with Gasteiger partial charge in [-0.25, -0.2) is 4.79 Å². The Morgan fingerprint density at radius 2 is 2.24 bits per heavy atom. The Labute approximate surface area is 102 Å². The number of nitrogens with zero attached hydrogens (tertiary/aromatic N) is 2. The number of hydrogen-bond donors (Lipinski definition) is 2. The topological polar surface area (TPSA) is 82.2 Å². The maximum atomic E-state index is 11.1. The van der Waals surface area contributed by atoms with Crippen molar-refractivity contribution in [1.29, 1.82) is 0 Å². The number of carbonyl (C=O) groups is 1. The number of aliphatic carboxylic acids is 1. The quantitative estimate of drug-likeness (QED) is 0.611. The van der Waals surface area contributed by atoms with E-state index < -0.39 is 11.6 Å². The average molecular weight is 253 g/mol. The molecule has 1 atom stereocenters. The molecule has 17 heavy (non-hydrogen) atoms. The van der Waals surface area contributed by atoms with Gasteiger partial charge in [-0.3, -0.25) is 0 Å². The van der Waals surface area contributed by atoms with Gasteiger partial charge in [-0.15, -0.1) is 0 Å². The third-order valence-corrected chi connectivity index (χ3v) is 2.92. The van der Waals surface area contributed by atoms with Gasteiger partial charge in [0.05, 0.1) is 0 Å². The molecule has 0 saturated heterocycles. The summed E-state index contributed by atoms with van der Waals surface area (Å²) in [5.41, 5.74) is -0.906. The molecular weight excluding hydrogens is 244 g/mol. The zero-order valence-corrected chi connectivity index (χ0v) is 9.48. The zero-order valence-electron chi connectivity index (χ0n) is 8.72. The highest BCUT2D eigenvalue weighted by molar-refractivity contribution is 6.31. The van der Waals surface area contributed by atoms with Crippen LogP contribution >= 0.6 is 11.6 Å². The SMILES string of the molecule is C=NN=C1c2ccc(Cl)cc2C[C@@]1(O)C(=O)O. The van der Waals surface area contributed by atoms with Crippen LogP contribution in [-0.4, -0.2) is 34.2 Å². The number of hydrogen-bond acceptors (Lipinski definition) is 4. The number of halogens is 1. The average Bonchev–Trinajstić information content (AvgIpc) is 2.53. The van der Waals surface area contributed by atoms with E-state index in [2.05, 4.69) is 16.9 Å². The molecule has 0 amide bonds. The molecule has 6 heteroatoms. The first-order chi connectivity index (χ1) is 7.99. The first kappa shape index (κ1) is 11.8. The van der Waals surface area contributed by atoms with Crippen LogP contribution in [0.3, 0.4) is 0 Å². The van der Waals surface area contributed by atoms with E-state index in [0.29, 0.717) is 16.1 Å². The van der Waals surface area contributed by atoms with Crippen molar-refractivity contribution in [2.24, 2.45) is 10.2 Å². The van der Waals surface area contributed by atoms with Crippen LogP contribution < -0.4 is 0 Å². The molecule has 0 heterocycles. The molecule has 0 bridgehead atoms. The molecule has 0 radical (unpaired) electrons. The second kappa shape index (κ2) is 3.94. The van der Waals surface area contributed by atoms with E-state index in [0.717, 1.165) is 0 Å². The smallest absolute Gasteiger partial charge is 0.342 e. The first-order valence-electron chi connectivity index (χ1n) is 4.78. The number of carboxylic acids is 1. The summed E-state index contributed by atoms with van der Waals surface area (Å²) in [5, 5.41) is 26.6. The van der Waals surface area contributed by atoms with Crippen molar-refractivity contribution in [1.82, 2.24) is 0 Å². The minimum absolute atomic E-state index is 0.00772. The third-order valence-electron chi connectivity index (χ3n) is 2.68. The normalized spacial score (nSPS) is 24.7. The summed E-state index contributed by atoms with van der Waals surface area (Å²) in [6, 6.07) is 4.82. The van der Waals surface area contributed by atoms with Gasteiger partial charge in [0.1, 0.15) is 5.71 Å². The van der Waals surface area contributed by atoms with Crippen LogP contribution in [0, 0.1) is 0 Å². The van der Waals surface area contributed by atoms with E-state index in [1.165, 1.54) is 0 Å². The lowest BCUT2D eigenvalue weighted by atomic mass is 9.99. The predicted molar refractivity (Wildman–Crippen MR) is 63.8 cm³/mol. The number of carboxylic acid groups (broad SMARTS) is 1. The summed E-state index contributed by atoms with van der Waals surface area (Å²) in [6.45, 7) is 3.17. The van der Waals surface area contributed by atoms with Crippen LogP contribution in [0.2, 0.25) is 5.02 Å².